The summed E-state index contributed by atoms with van der Waals surface area (Å²) in [6, 6.07) is 1.75. The number of carbonyl (C=O) groups is 1. The molecule has 0 atom stereocenters. The summed E-state index contributed by atoms with van der Waals surface area (Å²) < 4.78 is 27.6. The molecule has 1 amide bonds. The van der Waals surface area contributed by atoms with E-state index in [-0.39, 0.29) is 21.9 Å². The smallest absolute Gasteiger partial charge is 0.269 e. The van der Waals surface area contributed by atoms with Gasteiger partial charge in [0.1, 0.15) is 0 Å². The highest BCUT2D eigenvalue weighted by Gasteiger charge is 2.19. The Morgan fingerprint density at radius 3 is 2.90 bits per heavy atom. The van der Waals surface area contributed by atoms with Crippen LogP contribution in [0.15, 0.2) is 22.8 Å². The Labute approximate surface area is 119 Å². The van der Waals surface area contributed by atoms with Crippen molar-refractivity contribution in [3.8, 4) is 0 Å². The molecule has 0 aliphatic heterocycles. The maximum absolute atomic E-state index is 11.9. The van der Waals surface area contributed by atoms with Crippen LogP contribution in [0.25, 0.3) is 0 Å². The van der Waals surface area contributed by atoms with Crippen LogP contribution in [0.2, 0.25) is 0 Å². The first-order valence-corrected chi connectivity index (χ1v) is 7.85. The van der Waals surface area contributed by atoms with Gasteiger partial charge >= 0.3 is 0 Å². The summed E-state index contributed by atoms with van der Waals surface area (Å²) in [5.74, 6) is -0.336. The normalized spacial score (nSPS) is 11.4. The molecule has 0 saturated carbocycles. The van der Waals surface area contributed by atoms with E-state index in [0.29, 0.717) is 6.54 Å². The van der Waals surface area contributed by atoms with E-state index in [2.05, 4.69) is 25.3 Å². The van der Waals surface area contributed by atoms with Crippen LogP contribution >= 0.6 is 11.3 Å². The molecule has 2 rings (SSSR count). The molecule has 11 heteroatoms. The first-order valence-electron chi connectivity index (χ1n) is 5.55. The molecule has 2 aromatic heterocycles. The summed E-state index contributed by atoms with van der Waals surface area (Å²) in [6.07, 6.45) is 3.34. The van der Waals surface area contributed by atoms with Crippen molar-refractivity contribution in [2.45, 2.75) is 17.8 Å². The van der Waals surface area contributed by atoms with Crippen molar-refractivity contribution in [3.05, 3.63) is 18.5 Å². The van der Waals surface area contributed by atoms with Gasteiger partial charge in [-0.05, 0) is 6.07 Å². The molecular weight excluding hydrogens is 304 g/mol. The molecule has 0 unspecified atom stereocenters. The lowest BCUT2D eigenvalue weighted by molar-refractivity contribution is -0.114. The van der Waals surface area contributed by atoms with Gasteiger partial charge in [-0.15, -0.1) is 10.2 Å². The average Bonchev–Trinajstić information content (AvgIpc) is 2.99. The van der Waals surface area contributed by atoms with E-state index in [0.717, 1.165) is 11.3 Å². The number of nitrogens with one attached hydrogen (secondary N) is 2. The molecule has 2 heterocycles. The molecule has 0 aliphatic carbocycles. The minimum Gasteiger partial charge on any atom is -0.301 e. The van der Waals surface area contributed by atoms with Crippen LogP contribution in [-0.4, -0.2) is 40.8 Å². The minimum absolute atomic E-state index is 0.143. The van der Waals surface area contributed by atoms with Crippen molar-refractivity contribution in [2.75, 3.05) is 11.9 Å². The molecule has 108 valence electrons. The minimum atomic E-state index is -3.73. The largest absolute Gasteiger partial charge is 0.301 e. The molecule has 0 aliphatic rings. The molecule has 2 N–H and O–H groups in total. The Balaban J connectivity index is 1.95. The first-order chi connectivity index (χ1) is 9.47. The zero-order chi connectivity index (χ0) is 14.6. The molecule has 0 radical (unpaired) electrons. The summed E-state index contributed by atoms with van der Waals surface area (Å²) >= 11 is 0.789. The van der Waals surface area contributed by atoms with Gasteiger partial charge < -0.3 is 5.32 Å². The summed E-state index contributed by atoms with van der Waals surface area (Å²) in [6.45, 7) is 1.89. The molecule has 0 aromatic carbocycles. The molecule has 0 fully saturated rings. The number of amides is 1. The quantitative estimate of drug-likeness (QED) is 0.704. The monoisotopic (exact) mass is 316 g/mol. The lowest BCUT2D eigenvalue weighted by Gasteiger charge is -2.03. The second kappa shape index (κ2) is 6.07. The molecule has 0 spiro atoms. The zero-order valence-corrected chi connectivity index (χ0v) is 12.1. The lowest BCUT2D eigenvalue weighted by atomic mass is 10.6. The third kappa shape index (κ3) is 3.82. The summed E-state index contributed by atoms with van der Waals surface area (Å²) in [5, 5.41) is 13.6. The molecular formula is C9H12N6O3S2. The van der Waals surface area contributed by atoms with Crippen LogP contribution in [0.4, 0.5) is 5.13 Å². The van der Waals surface area contributed by atoms with Crippen LogP contribution in [0, 0.1) is 0 Å². The number of aromatic nitrogens is 4. The van der Waals surface area contributed by atoms with Gasteiger partial charge in [-0.1, -0.05) is 11.3 Å². The number of carbonyl (C=O) groups excluding carboxylic acids is 1. The topological polar surface area (TPSA) is 119 Å². The molecule has 0 saturated heterocycles. The average molecular weight is 316 g/mol. The fourth-order valence-electron chi connectivity index (χ4n) is 1.31. The van der Waals surface area contributed by atoms with Gasteiger partial charge in [0.2, 0.25) is 15.4 Å². The van der Waals surface area contributed by atoms with E-state index in [4.69, 9.17) is 0 Å². The van der Waals surface area contributed by atoms with Crippen molar-refractivity contribution in [2.24, 2.45) is 0 Å². The number of hydrogen-bond acceptors (Lipinski definition) is 7. The van der Waals surface area contributed by atoms with Crippen molar-refractivity contribution in [1.82, 2.24) is 24.7 Å². The maximum atomic E-state index is 11.9. The van der Waals surface area contributed by atoms with Gasteiger partial charge in [-0.2, -0.15) is 5.10 Å². The maximum Gasteiger partial charge on any atom is 0.269 e. The van der Waals surface area contributed by atoms with Gasteiger partial charge in [0, 0.05) is 25.9 Å². The van der Waals surface area contributed by atoms with Crippen LogP contribution < -0.4 is 10.0 Å². The van der Waals surface area contributed by atoms with Crippen LogP contribution in [0.5, 0.6) is 0 Å². The van der Waals surface area contributed by atoms with Crippen molar-refractivity contribution < 1.29 is 13.2 Å². The van der Waals surface area contributed by atoms with E-state index < -0.39 is 10.0 Å². The van der Waals surface area contributed by atoms with E-state index >= 15 is 0 Å². The zero-order valence-electron chi connectivity index (χ0n) is 10.5. The molecule has 0 bridgehead atoms. The Bertz CT molecular complexity index is 678. The predicted molar refractivity (Wildman–Crippen MR) is 71.6 cm³/mol. The highest BCUT2D eigenvalue weighted by Crippen LogP contribution is 2.19. The summed E-state index contributed by atoms with van der Waals surface area (Å²) in [7, 11) is -3.73. The Morgan fingerprint density at radius 1 is 1.45 bits per heavy atom. The number of anilines is 1. The fourth-order valence-corrected chi connectivity index (χ4v) is 3.32. The van der Waals surface area contributed by atoms with Gasteiger partial charge in [-0.25, -0.2) is 13.1 Å². The van der Waals surface area contributed by atoms with E-state index in [9.17, 15) is 13.2 Å². The number of sulfonamides is 1. The lowest BCUT2D eigenvalue weighted by Crippen LogP contribution is -2.27. The third-order valence-corrected chi connectivity index (χ3v) is 4.78. The molecule has 20 heavy (non-hydrogen) atoms. The first kappa shape index (κ1) is 14.6. The summed E-state index contributed by atoms with van der Waals surface area (Å²) in [4.78, 5) is 10.8. The van der Waals surface area contributed by atoms with E-state index in [1.54, 1.807) is 23.1 Å². The third-order valence-electron chi connectivity index (χ3n) is 2.11. The van der Waals surface area contributed by atoms with E-state index in [1.807, 2.05) is 0 Å². The van der Waals surface area contributed by atoms with Gasteiger partial charge in [0.15, 0.2) is 0 Å². The highest BCUT2D eigenvalue weighted by molar-refractivity contribution is 7.91. The number of hydrogen-bond donors (Lipinski definition) is 2. The van der Waals surface area contributed by atoms with Crippen molar-refractivity contribution in [1.29, 1.82) is 0 Å². The Morgan fingerprint density at radius 2 is 2.25 bits per heavy atom. The molecule has 9 nitrogen and oxygen atoms in total. The van der Waals surface area contributed by atoms with E-state index in [1.165, 1.54) is 6.92 Å². The van der Waals surface area contributed by atoms with Crippen LogP contribution in [0.3, 0.4) is 0 Å². The molecule has 2 aromatic rings. The highest BCUT2D eigenvalue weighted by atomic mass is 32.2. The van der Waals surface area contributed by atoms with Gasteiger partial charge in [0.05, 0.1) is 6.54 Å². The Hall–Kier alpha value is -1.85. The SMILES string of the molecule is CC(=O)Nc1nnc(S(=O)(=O)NCCn2cccn2)s1. The van der Waals surface area contributed by atoms with Crippen molar-refractivity contribution in [3.63, 3.8) is 0 Å². The summed E-state index contributed by atoms with van der Waals surface area (Å²) in [5.41, 5.74) is 0. The van der Waals surface area contributed by atoms with Crippen LogP contribution in [0.1, 0.15) is 6.92 Å². The van der Waals surface area contributed by atoms with Crippen molar-refractivity contribution >= 4 is 32.4 Å². The fraction of sp³-hybridized carbons (Fsp3) is 0.333. The second-order valence-electron chi connectivity index (χ2n) is 3.72. The predicted octanol–water partition coefficient (Wildman–Crippen LogP) is -0.329. The second-order valence-corrected chi connectivity index (χ2v) is 6.64. The van der Waals surface area contributed by atoms with Crippen LogP contribution in [-0.2, 0) is 21.4 Å². The van der Waals surface area contributed by atoms with Gasteiger partial charge in [0.25, 0.3) is 10.0 Å². The standard InChI is InChI=1S/C9H12N6O3S2/c1-7(16)12-8-13-14-9(19-8)20(17,18)11-4-6-15-5-2-3-10-15/h2-3,5,11H,4,6H2,1H3,(H,12,13,16). The van der Waals surface area contributed by atoms with Gasteiger partial charge in [-0.3, -0.25) is 9.48 Å². The number of nitrogens with zero attached hydrogens (tertiary/aromatic N) is 4. The Kier molecular flexibility index (Phi) is 4.42. The number of rotatable bonds is 6.